The summed E-state index contributed by atoms with van der Waals surface area (Å²) in [5, 5.41) is 0. The molecule has 102 valence electrons. The zero-order valence-electron chi connectivity index (χ0n) is 12.0. The van der Waals surface area contributed by atoms with Gasteiger partial charge in [0.05, 0.1) is 0 Å². The molecule has 1 aliphatic rings. The Hall–Kier alpha value is 0.0200. The molecule has 0 heterocycles. The first-order chi connectivity index (χ1) is 7.50. The second-order valence-corrected chi connectivity index (χ2v) is 6.18. The fraction of sp³-hybridized carbons (Fsp3) is 0.933. The van der Waals surface area contributed by atoms with Crippen LogP contribution in [0.4, 0.5) is 0 Å². The maximum absolute atomic E-state index is 11.6. The van der Waals surface area contributed by atoms with Gasteiger partial charge < -0.3 is 0 Å². The van der Waals surface area contributed by atoms with Crippen molar-refractivity contribution in [3.8, 4) is 0 Å². The lowest BCUT2D eigenvalue weighted by Crippen LogP contribution is -2.19. The van der Waals surface area contributed by atoms with Crippen LogP contribution in [0.2, 0.25) is 0 Å². The molecule has 0 bridgehead atoms. The monoisotopic (exact) mass is 258 g/mol. The van der Waals surface area contributed by atoms with Crippen LogP contribution in [-0.2, 0) is 4.79 Å². The molecule has 0 aromatic heterocycles. The average Bonchev–Trinajstić information content (AvgIpc) is 2.26. The van der Waals surface area contributed by atoms with Crippen LogP contribution in [0.5, 0.6) is 0 Å². The van der Waals surface area contributed by atoms with Crippen molar-refractivity contribution in [3.63, 3.8) is 0 Å². The van der Waals surface area contributed by atoms with Crippen molar-refractivity contribution in [3.05, 3.63) is 0 Å². The van der Waals surface area contributed by atoms with E-state index in [0.29, 0.717) is 5.78 Å². The number of hydrogen-bond acceptors (Lipinski definition) is 1. The summed E-state index contributed by atoms with van der Waals surface area (Å²) in [5.41, 5.74) is 0. The Kier molecular flexibility index (Phi) is 8.19. The Balaban J connectivity index is 0.00000256. The summed E-state index contributed by atoms with van der Waals surface area (Å²) in [5.74, 6) is 3.30. The minimum atomic E-state index is 0. The molecule has 0 spiro atoms. The lowest BCUT2D eigenvalue weighted by atomic mass is 9.75. The summed E-state index contributed by atoms with van der Waals surface area (Å²) in [7, 11) is 0. The van der Waals surface area contributed by atoms with Crippen molar-refractivity contribution >= 4 is 19.3 Å². The van der Waals surface area contributed by atoms with Crippen LogP contribution >= 0.6 is 13.5 Å². The van der Waals surface area contributed by atoms with Crippen molar-refractivity contribution in [2.75, 3.05) is 0 Å². The van der Waals surface area contributed by atoms with Gasteiger partial charge in [0, 0.05) is 12.3 Å². The van der Waals surface area contributed by atoms with Crippen molar-refractivity contribution < 1.29 is 4.79 Å². The van der Waals surface area contributed by atoms with Crippen molar-refractivity contribution in [2.45, 2.75) is 66.2 Å². The van der Waals surface area contributed by atoms with Crippen LogP contribution in [0.15, 0.2) is 0 Å². The summed E-state index contributed by atoms with van der Waals surface area (Å²) >= 11 is 0. The topological polar surface area (TPSA) is 17.1 Å². The van der Waals surface area contributed by atoms with Crippen molar-refractivity contribution in [1.29, 1.82) is 0 Å². The van der Waals surface area contributed by atoms with E-state index in [1.807, 2.05) is 13.8 Å². The van der Waals surface area contributed by atoms with Crippen LogP contribution < -0.4 is 0 Å². The standard InChI is InChI=1S/C15H28O.H2S/c1-11(2)14-8-5-13(6-9-14)7-10-15(16)12(3)4;/h11-14H,5-10H2,1-4H3;1H2. The van der Waals surface area contributed by atoms with Gasteiger partial charge >= 0.3 is 0 Å². The average molecular weight is 258 g/mol. The third kappa shape index (κ3) is 5.94. The van der Waals surface area contributed by atoms with Crippen molar-refractivity contribution in [1.82, 2.24) is 0 Å². The summed E-state index contributed by atoms with van der Waals surface area (Å²) in [6.45, 7) is 8.70. The van der Waals surface area contributed by atoms with E-state index >= 15 is 0 Å². The van der Waals surface area contributed by atoms with Gasteiger partial charge in [-0.2, -0.15) is 13.5 Å². The van der Waals surface area contributed by atoms with Crippen LogP contribution in [0.1, 0.15) is 66.2 Å². The molecule has 17 heavy (non-hydrogen) atoms. The second kappa shape index (κ2) is 8.18. The molecule has 1 fully saturated rings. The first-order valence-electron chi connectivity index (χ1n) is 7.03. The van der Waals surface area contributed by atoms with E-state index in [0.717, 1.165) is 30.6 Å². The Morgan fingerprint density at radius 1 is 1.06 bits per heavy atom. The zero-order chi connectivity index (χ0) is 12.1. The van der Waals surface area contributed by atoms with Gasteiger partial charge in [-0.1, -0.05) is 40.5 Å². The number of carbonyl (C=O) groups excluding carboxylic acids is 1. The van der Waals surface area contributed by atoms with Gasteiger partial charge in [-0.3, -0.25) is 4.79 Å². The summed E-state index contributed by atoms with van der Waals surface area (Å²) in [6, 6.07) is 0. The first kappa shape index (κ1) is 17.0. The molecule has 1 saturated carbocycles. The van der Waals surface area contributed by atoms with Gasteiger partial charge in [-0.25, -0.2) is 0 Å². The van der Waals surface area contributed by atoms with Gasteiger partial charge in [0.15, 0.2) is 0 Å². The number of hydrogen-bond donors (Lipinski definition) is 0. The molecule has 0 unspecified atom stereocenters. The molecule has 1 aliphatic carbocycles. The predicted molar refractivity (Wildman–Crippen MR) is 79.7 cm³/mol. The maximum atomic E-state index is 11.6. The Labute approximate surface area is 114 Å². The van der Waals surface area contributed by atoms with Crippen LogP contribution in [0, 0.1) is 23.7 Å². The van der Waals surface area contributed by atoms with E-state index in [9.17, 15) is 4.79 Å². The minimum absolute atomic E-state index is 0. The summed E-state index contributed by atoms with van der Waals surface area (Å²) in [4.78, 5) is 11.6. The Bertz CT molecular complexity index is 215. The Morgan fingerprint density at radius 2 is 1.59 bits per heavy atom. The highest BCUT2D eigenvalue weighted by atomic mass is 32.1. The lowest BCUT2D eigenvalue weighted by molar-refractivity contribution is -0.122. The third-order valence-corrected chi connectivity index (χ3v) is 4.28. The maximum Gasteiger partial charge on any atom is 0.135 e. The van der Waals surface area contributed by atoms with Crippen LogP contribution in [0.3, 0.4) is 0 Å². The largest absolute Gasteiger partial charge is 0.299 e. The molecular weight excluding hydrogens is 228 g/mol. The highest BCUT2D eigenvalue weighted by Gasteiger charge is 2.23. The van der Waals surface area contributed by atoms with Crippen LogP contribution in [0.25, 0.3) is 0 Å². The number of carbonyl (C=O) groups is 1. The quantitative estimate of drug-likeness (QED) is 0.706. The Morgan fingerprint density at radius 3 is 2.00 bits per heavy atom. The van der Waals surface area contributed by atoms with Gasteiger partial charge in [-0.05, 0) is 37.0 Å². The van der Waals surface area contributed by atoms with E-state index in [1.165, 1.54) is 25.7 Å². The molecular formula is C15H30OS. The molecule has 0 saturated heterocycles. The number of ketones is 1. The second-order valence-electron chi connectivity index (χ2n) is 6.18. The molecule has 0 amide bonds. The fourth-order valence-electron chi connectivity index (χ4n) is 2.78. The molecule has 0 N–H and O–H groups in total. The van der Waals surface area contributed by atoms with E-state index < -0.39 is 0 Å². The van der Waals surface area contributed by atoms with Crippen molar-refractivity contribution in [2.24, 2.45) is 23.7 Å². The highest BCUT2D eigenvalue weighted by molar-refractivity contribution is 7.59. The number of Topliss-reactive ketones (excluding diaryl/α,β-unsaturated/α-hetero) is 1. The predicted octanol–water partition coefficient (Wildman–Crippen LogP) is 4.57. The van der Waals surface area contributed by atoms with Gasteiger partial charge in [-0.15, -0.1) is 0 Å². The fourth-order valence-corrected chi connectivity index (χ4v) is 2.78. The van der Waals surface area contributed by atoms with Gasteiger partial charge in [0.25, 0.3) is 0 Å². The first-order valence-corrected chi connectivity index (χ1v) is 7.03. The normalized spacial score (nSPS) is 24.8. The van der Waals surface area contributed by atoms with E-state index in [4.69, 9.17) is 0 Å². The molecule has 0 aliphatic heterocycles. The highest BCUT2D eigenvalue weighted by Crippen LogP contribution is 2.35. The smallest absolute Gasteiger partial charge is 0.135 e. The SMILES string of the molecule is CC(C)C(=O)CCC1CCC(C(C)C)CC1.S. The molecule has 0 atom stereocenters. The molecule has 1 nitrogen and oxygen atoms in total. The molecule has 0 aromatic carbocycles. The minimum Gasteiger partial charge on any atom is -0.299 e. The van der Waals surface area contributed by atoms with Crippen LogP contribution in [-0.4, -0.2) is 5.78 Å². The molecule has 0 aromatic rings. The number of rotatable bonds is 5. The van der Waals surface area contributed by atoms with E-state index in [-0.39, 0.29) is 19.4 Å². The molecule has 1 rings (SSSR count). The lowest BCUT2D eigenvalue weighted by Gasteiger charge is -2.30. The zero-order valence-corrected chi connectivity index (χ0v) is 13.0. The molecule has 2 heteroatoms. The van der Waals surface area contributed by atoms with E-state index in [2.05, 4.69) is 13.8 Å². The summed E-state index contributed by atoms with van der Waals surface area (Å²) < 4.78 is 0. The third-order valence-electron chi connectivity index (χ3n) is 4.28. The van der Waals surface area contributed by atoms with Gasteiger partial charge in [0.2, 0.25) is 0 Å². The molecule has 0 radical (unpaired) electrons. The van der Waals surface area contributed by atoms with E-state index in [1.54, 1.807) is 0 Å². The summed E-state index contributed by atoms with van der Waals surface area (Å²) in [6.07, 6.45) is 7.44. The van der Waals surface area contributed by atoms with Gasteiger partial charge in [0.1, 0.15) is 5.78 Å².